The van der Waals surface area contributed by atoms with Crippen LogP contribution < -0.4 is 0 Å². The first-order valence-corrected chi connectivity index (χ1v) is 7.46. The lowest BCUT2D eigenvalue weighted by Crippen LogP contribution is -2.00. The molecule has 1 aromatic heterocycles. The van der Waals surface area contributed by atoms with Crippen LogP contribution in [0, 0.1) is 5.82 Å². The molecule has 0 atom stereocenters. The monoisotopic (exact) mass is 308 g/mol. The predicted molar refractivity (Wildman–Crippen MR) is 65.8 cm³/mol. The lowest BCUT2D eigenvalue weighted by atomic mass is 10.2. The van der Waals surface area contributed by atoms with Crippen LogP contribution in [0.15, 0.2) is 35.5 Å². The van der Waals surface area contributed by atoms with E-state index >= 15 is 0 Å². The SMILES string of the molecule is O=S(=O)(Cl)c1cnn(Cc2ccc(Cl)c(F)c2)c1. The van der Waals surface area contributed by atoms with E-state index in [1.807, 2.05) is 0 Å². The molecular weight excluding hydrogens is 302 g/mol. The van der Waals surface area contributed by atoms with E-state index in [0.717, 1.165) is 6.20 Å². The molecule has 0 aliphatic carbocycles. The normalized spacial score (nSPS) is 11.7. The van der Waals surface area contributed by atoms with Gasteiger partial charge in [-0.25, -0.2) is 12.8 Å². The molecule has 96 valence electrons. The molecule has 2 aromatic rings. The molecule has 0 fully saturated rings. The van der Waals surface area contributed by atoms with Crippen LogP contribution in [0.4, 0.5) is 4.39 Å². The maximum Gasteiger partial charge on any atom is 0.264 e. The average molecular weight is 309 g/mol. The first-order chi connectivity index (χ1) is 8.36. The molecule has 0 saturated heterocycles. The van der Waals surface area contributed by atoms with E-state index < -0.39 is 14.9 Å². The fraction of sp³-hybridized carbons (Fsp3) is 0.100. The van der Waals surface area contributed by atoms with Gasteiger partial charge in [-0.3, -0.25) is 4.68 Å². The molecule has 0 bridgehead atoms. The molecule has 0 amide bonds. The van der Waals surface area contributed by atoms with Crippen LogP contribution >= 0.6 is 22.3 Å². The average Bonchev–Trinajstić information content (AvgIpc) is 2.72. The Kier molecular flexibility index (Phi) is 3.61. The minimum atomic E-state index is -3.80. The van der Waals surface area contributed by atoms with Crippen molar-refractivity contribution in [2.75, 3.05) is 0 Å². The van der Waals surface area contributed by atoms with E-state index in [0.29, 0.717) is 5.56 Å². The predicted octanol–water partition coefficient (Wildman–Crippen LogP) is 2.65. The molecule has 0 aliphatic rings. The van der Waals surface area contributed by atoms with E-state index in [4.69, 9.17) is 22.3 Å². The smallest absolute Gasteiger partial charge is 0.264 e. The van der Waals surface area contributed by atoms with Gasteiger partial charge in [-0.2, -0.15) is 5.10 Å². The number of hydrogen-bond donors (Lipinski definition) is 0. The molecule has 4 nitrogen and oxygen atoms in total. The van der Waals surface area contributed by atoms with Crippen LogP contribution in [0.3, 0.4) is 0 Å². The Hall–Kier alpha value is -1.11. The summed E-state index contributed by atoms with van der Waals surface area (Å²) < 4.78 is 36.6. The summed E-state index contributed by atoms with van der Waals surface area (Å²) in [4.78, 5) is -0.0985. The second kappa shape index (κ2) is 4.87. The van der Waals surface area contributed by atoms with Crippen molar-refractivity contribution in [2.45, 2.75) is 11.4 Å². The molecule has 0 aliphatic heterocycles. The Morgan fingerprint density at radius 1 is 1.39 bits per heavy atom. The Morgan fingerprint density at radius 3 is 2.67 bits per heavy atom. The number of halogens is 3. The van der Waals surface area contributed by atoms with Gasteiger partial charge in [0.1, 0.15) is 10.7 Å². The molecular formula is C10H7Cl2FN2O2S. The van der Waals surface area contributed by atoms with Crippen LogP contribution in [0.2, 0.25) is 5.02 Å². The minimum absolute atomic E-state index is 0.0308. The lowest BCUT2D eigenvalue weighted by molar-refractivity contribution is 0.608. The summed E-state index contributed by atoms with van der Waals surface area (Å²) in [5, 5.41) is 3.86. The molecule has 0 N–H and O–H groups in total. The maximum absolute atomic E-state index is 13.2. The Bertz CT molecular complexity index is 685. The molecule has 0 spiro atoms. The van der Waals surface area contributed by atoms with E-state index in [2.05, 4.69) is 5.10 Å². The van der Waals surface area contributed by atoms with Gasteiger partial charge in [0, 0.05) is 16.9 Å². The number of benzene rings is 1. The molecule has 0 saturated carbocycles. The van der Waals surface area contributed by atoms with Gasteiger partial charge in [0.15, 0.2) is 0 Å². The van der Waals surface area contributed by atoms with Crippen molar-refractivity contribution in [1.29, 1.82) is 0 Å². The maximum atomic E-state index is 13.2. The molecule has 18 heavy (non-hydrogen) atoms. The van der Waals surface area contributed by atoms with Crippen molar-refractivity contribution in [3.8, 4) is 0 Å². The topological polar surface area (TPSA) is 52.0 Å². The molecule has 0 radical (unpaired) electrons. The zero-order chi connectivity index (χ0) is 13.3. The highest BCUT2D eigenvalue weighted by Gasteiger charge is 2.12. The van der Waals surface area contributed by atoms with Gasteiger partial charge in [-0.05, 0) is 17.7 Å². The van der Waals surface area contributed by atoms with Crippen molar-refractivity contribution >= 4 is 31.3 Å². The van der Waals surface area contributed by atoms with E-state index in [1.54, 1.807) is 6.07 Å². The molecule has 2 rings (SSSR count). The first-order valence-electron chi connectivity index (χ1n) is 4.77. The standard InChI is InChI=1S/C10H7Cl2FN2O2S/c11-9-2-1-7(3-10(9)13)5-15-6-8(4-14-15)18(12,16)17/h1-4,6H,5H2. The molecule has 8 heteroatoms. The summed E-state index contributed by atoms with van der Waals surface area (Å²) in [6.07, 6.45) is 2.41. The minimum Gasteiger partial charge on any atom is -0.267 e. The second-order valence-electron chi connectivity index (χ2n) is 3.56. The summed E-state index contributed by atoms with van der Waals surface area (Å²) in [6.45, 7) is 0.223. The molecule has 1 heterocycles. The number of rotatable bonds is 3. The van der Waals surface area contributed by atoms with E-state index in [-0.39, 0.29) is 16.5 Å². The number of aromatic nitrogens is 2. The van der Waals surface area contributed by atoms with Gasteiger partial charge in [0.25, 0.3) is 9.05 Å². The van der Waals surface area contributed by atoms with Crippen LogP contribution in [-0.4, -0.2) is 18.2 Å². The first kappa shape index (κ1) is 13.3. The van der Waals surface area contributed by atoms with Crippen LogP contribution in [-0.2, 0) is 15.6 Å². The van der Waals surface area contributed by atoms with E-state index in [9.17, 15) is 12.8 Å². The van der Waals surface area contributed by atoms with Crippen LogP contribution in [0.25, 0.3) is 0 Å². The highest BCUT2D eigenvalue weighted by atomic mass is 35.7. The summed E-state index contributed by atoms with van der Waals surface area (Å²) in [7, 11) is 1.37. The van der Waals surface area contributed by atoms with Gasteiger partial charge in [0.05, 0.1) is 17.8 Å². The summed E-state index contributed by atoms with van der Waals surface area (Å²) in [5.74, 6) is -0.536. The second-order valence-corrected chi connectivity index (χ2v) is 6.53. The van der Waals surface area contributed by atoms with E-state index in [1.165, 1.54) is 23.0 Å². The Labute approximate surface area is 112 Å². The largest absolute Gasteiger partial charge is 0.267 e. The zero-order valence-corrected chi connectivity index (χ0v) is 11.2. The summed E-state index contributed by atoms with van der Waals surface area (Å²) >= 11 is 5.55. The quantitative estimate of drug-likeness (QED) is 0.819. The van der Waals surface area contributed by atoms with Crippen LogP contribution in [0.5, 0.6) is 0 Å². The van der Waals surface area contributed by atoms with Crippen molar-refractivity contribution in [2.24, 2.45) is 0 Å². The van der Waals surface area contributed by atoms with Crippen molar-refractivity contribution < 1.29 is 12.8 Å². The summed E-state index contributed by atoms with van der Waals surface area (Å²) in [5.41, 5.74) is 0.610. The number of nitrogens with zero attached hydrogens (tertiary/aromatic N) is 2. The fourth-order valence-corrected chi connectivity index (χ4v) is 2.16. The number of hydrogen-bond acceptors (Lipinski definition) is 3. The highest BCUT2D eigenvalue weighted by molar-refractivity contribution is 8.13. The summed E-state index contributed by atoms with van der Waals surface area (Å²) in [6, 6.07) is 4.32. The Morgan fingerprint density at radius 2 is 2.11 bits per heavy atom. The molecule has 1 aromatic carbocycles. The van der Waals surface area contributed by atoms with Crippen LogP contribution in [0.1, 0.15) is 5.56 Å². The third-order valence-corrected chi connectivity index (χ3v) is 3.83. The van der Waals surface area contributed by atoms with Gasteiger partial charge < -0.3 is 0 Å². The fourth-order valence-electron chi connectivity index (χ4n) is 1.38. The van der Waals surface area contributed by atoms with Crippen molar-refractivity contribution in [1.82, 2.24) is 9.78 Å². The van der Waals surface area contributed by atoms with Gasteiger partial charge in [0.2, 0.25) is 0 Å². The highest BCUT2D eigenvalue weighted by Crippen LogP contribution is 2.17. The molecule has 0 unspecified atom stereocenters. The zero-order valence-electron chi connectivity index (χ0n) is 8.85. The third-order valence-electron chi connectivity index (χ3n) is 2.22. The lowest BCUT2D eigenvalue weighted by Gasteiger charge is -2.02. The van der Waals surface area contributed by atoms with Gasteiger partial charge in [-0.1, -0.05) is 17.7 Å². The van der Waals surface area contributed by atoms with Gasteiger partial charge in [-0.15, -0.1) is 0 Å². The third kappa shape index (κ3) is 3.01. The van der Waals surface area contributed by atoms with Crippen molar-refractivity contribution in [3.05, 3.63) is 47.0 Å². The van der Waals surface area contributed by atoms with Gasteiger partial charge >= 0.3 is 0 Å². The van der Waals surface area contributed by atoms with Crippen molar-refractivity contribution in [3.63, 3.8) is 0 Å². The Balaban J connectivity index is 2.24.